The highest BCUT2D eigenvalue weighted by Gasteiger charge is 2.19. The quantitative estimate of drug-likeness (QED) is 0.324. The van der Waals surface area contributed by atoms with Crippen molar-refractivity contribution in [3.05, 3.63) is 78.1 Å². The van der Waals surface area contributed by atoms with Crippen molar-refractivity contribution in [2.24, 2.45) is 5.92 Å². The summed E-state index contributed by atoms with van der Waals surface area (Å²) in [5, 5.41) is 4.38. The number of aromatic nitrogens is 1. The SMILES string of the molecule is CC(C)(C)OC(=O)NC(=S)CC(CNNC(=O)c1nccc2ccccc12)Cc1ccccc1. The minimum Gasteiger partial charge on any atom is -0.444 e. The van der Waals surface area contributed by atoms with Gasteiger partial charge in [0, 0.05) is 24.5 Å². The highest BCUT2D eigenvalue weighted by molar-refractivity contribution is 7.80. The monoisotopic (exact) mass is 478 g/mol. The van der Waals surface area contributed by atoms with Gasteiger partial charge in [-0.2, -0.15) is 0 Å². The third-order valence-corrected chi connectivity index (χ3v) is 5.23. The normalized spacial score (nSPS) is 12.1. The molecule has 34 heavy (non-hydrogen) atoms. The second-order valence-corrected chi connectivity index (χ2v) is 9.52. The molecule has 0 aliphatic heterocycles. The average Bonchev–Trinajstić information content (AvgIpc) is 2.77. The maximum atomic E-state index is 12.8. The topological polar surface area (TPSA) is 92.4 Å². The largest absolute Gasteiger partial charge is 0.444 e. The molecule has 0 fully saturated rings. The van der Waals surface area contributed by atoms with Crippen molar-refractivity contribution < 1.29 is 14.3 Å². The zero-order chi connectivity index (χ0) is 24.6. The van der Waals surface area contributed by atoms with E-state index in [0.29, 0.717) is 30.1 Å². The fraction of sp³-hybridized carbons (Fsp3) is 0.308. The molecule has 1 unspecified atom stereocenters. The van der Waals surface area contributed by atoms with Crippen LogP contribution in [-0.4, -0.2) is 34.1 Å². The van der Waals surface area contributed by atoms with E-state index < -0.39 is 11.7 Å². The van der Waals surface area contributed by atoms with Gasteiger partial charge in [0.15, 0.2) is 0 Å². The van der Waals surface area contributed by atoms with Crippen LogP contribution in [0.2, 0.25) is 0 Å². The molecule has 0 aliphatic carbocycles. The Labute approximate surface area is 205 Å². The molecule has 3 N–H and O–H groups in total. The molecule has 8 heteroatoms. The molecule has 0 saturated heterocycles. The van der Waals surface area contributed by atoms with Crippen LogP contribution in [-0.2, 0) is 11.2 Å². The van der Waals surface area contributed by atoms with E-state index >= 15 is 0 Å². The number of rotatable bonds is 8. The standard InChI is InChI=1S/C26H30N4O3S/c1-26(2,3)33-25(32)29-22(34)16-19(15-18-9-5-4-6-10-18)17-28-30-24(31)23-21-12-8-7-11-20(21)13-14-27-23/h4-14,19,28H,15-17H2,1-3H3,(H,30,31)(H,29,32,34). The highest BCUT2D eigenvalue weighted by Crippen LogP contribution is 2.16. The summed E-state index contributed by atoms with van der Waals surface area (Å²) in [6, 6.07) is 19.5. The van der Waals surface area contributed by atoms with Gasteiger partial charge in [-0.1, -0.05) is 66.8 Å². The van der Waals surface area contributed by atoms with Gasteiger partial charge >= 0.3 is 6.09 Å². The summed E-state index contributed by atoms with van der Waals surface area (Å²) in [4.78, 5) is 29.5. The summed E-state index contributed by atoms with van der Waals surface area (Å²) < 4.78 is 5.29. The number of alkyl carbamates (subject to hydrolysis) is 1. The summed E-state index contributed by atoms with van der Waals surface area (Å²) in [5.74, 6) is -0.296. The number of pyridine rings is 1. The zero-order valence-corrected chi connectivity index (χ0v) is 20.4. The molecule has 0 aliphatic rings. The van der Waals surface area contributed by atoms with Gasteiger partial charge in [0.2, 0.25) is 0 Å². The molecule has 7 nitrogen and oxygen atoms in total. The van der Waals surface area contributed by atoms with Crippen molar-refractivity contribution >= 4 is 40.0 Å². The number of thiocarbonyl (C=S) groups is 1. The van der Waals surface area contributed by atoms with E-state index in [-0.39, 0.29) is 11.8 Å². The van der Waals surface area contributed by atoms with E-state index in [1.165, 1.54) is 0 Å². The summed E-state index contributed by atoms with van der Waals surface area (Å²) >= 11 is 5.41. The molecule has 0 radical (unpaired) electrons. The Kier molecular flexibility index (Phi) is 8.67. The van der Waals surface area contributed by atoms with Crippen LogP contribution in [0.3, 0.4) is 0 Å². The first-order valence-corrected chi connectivity index (χ1v) is 11.6. The number of hydrazine groups is 1. The summed E-state index contributed by atoms with van der Waals surface area (Å²) in [6.07, 6.45) is 2.21. The zero-order valence-electron chi connectivity index (χ0n) is 19.6. The maximum Gasteiger partial charge on any atom is 0.412 e. The second kappa shape index (κ2) is 11.7. The van der Waals surface area contributed by atoms with Gasteiger partial charge < -0.3 is 4.74 Å². The summed E-state index contributed by atoms with van der Waals surface area (Å²) in [5.41, 5.74) is 6.65. The molecule has 2 aromatic carbocycles. The van der Waals surface area contributed by atoms with E-state index in [1.807, 2.05) is 60.7 Å². The van der Waals surface area contributed by atoms with Gasteiger partial charge in [0.25, 0.3) is 5.91 Å². The minimum atomic E-state index is -0.607. The first kappa shape index (κ1) is 25.3. The van der Waals surface area contributed by atoms with Gasteiger partial charge in [-0.15, -0.1) is 0 Å². The lowest BCUT2D eigenvalue weighted by molar-refractivity contribution is 0.0563. The number of amides is 2. The number of hydrogen-bond acceptors (Lipinski definition) is 6. The third kappa shape index (κ3) is 7.90. The number of benzene rings is 2. The van der Waals surface area contributed by atoms with E-state index in [4.69, 9.17) is 17.0 Å². The van der Waals surface area contributed by atoms with Crippen LogP contribution in [0.4, 0.5) is 4.79 Å². The Morgan fingerprint density at radius 1 is 1.03 bits per heavy atom. The lowest BCUT2D eigenvalue weighted by Gasteiger charge is -2.22. The molecule has 0 spiro atoms. The molecule has 3 aromatic rings. The molecule has 3 rings (SSSR count). The number of ether oxygens (including phenoxy) is 1. The fourth-order valence-corrected chi connectivity index (χ4v) is 3.85. The van der Waals surface area contributed by atoms with Gasteiger partial charge in [0.1, 0.15) is 11.3 Å². The van der Waals surface area contributed by atoms with E-state index in [0.717, 1.165) is 16.3 Å². The van der Waals surface area contributed by atoms with Crippen molar-refractivity contribution in [2.45, 2.75) is 39.2 Å². The summed E-state index contributed by atoms with van der Waals surface area (Å²) in [7, 11) is 0. The minimum absolute atomic E-state index is 0.0191. The first-order chi connectivity index (χ1) is 16.2. The molecule has 0 saturated carbocycles. The van der Waals surface area contributed by atoms with E-state index in [9.17, 15) is 9.59 Å². The van der Waals surface area contributed by atoms with Gasteiger partial charge in [-0.25, -0.2) is 10.2 Å². The van der Waals surface area contributed by atoms with Gasteiger partial charge in [-0.05, 0) is 50.1 Å². The number of nitrogens with one attached hydrogen (secondary N) is 3. The van der Waals surface area contributed by atoms with Crippen molar-refractivity contribution in [3.63, 3.8) is 0 Å². The van der Waals surface area contributed by atoms with Crippen LogP contribution in [0.1, 0.15) is 43.2 Å². The van der Waals surface area contributed by atoms with Gasteiger partial charge in [0.05, 0.1) is 4.99 Å². The smallest absolute Gasteiger partial charge is 0.412 e. The maximum absolute atomic E-state index is 12.8. The Morgan fingerprint density at radius 3 is 2.47 bits per heavy atom. The number of carbonyl (C=O) groups excluding carboxylic acids is 2. The Balaban J connectivity index is 1.61. The van der Waals surface area contributed by atoms with Gasteiger partial charge in [-0.3, -0.25) is 20.5 Å². The van der Waals surface area contributed by atoms with Crippen LogP contribution >= 0.6 is 12.2 Å². The predicted molar refractivity (Wildman–Crippen MR) is 137 cm³/mol. The van der Waals surface area contributed by atoms with Crippen LogP contribution in [0.5, 0.6) is 0 Å². The molecule has 1 aromatic heterocycles. The van der Waals surface area contributed by atoms with Crippen LogP contribution in [0.25, 0.3) is 10.8 Å². The molecule has 178 valence electrons. The van der Waals surface area contributed by atoms with Crippen LogP contribution in [0.15, 0.2) is 66.9 Å². The average molecular weight is 479 g/mol. The van der Waals surface area contributed by atoms with Crippen molar-refractivity contribution in [1.29, 1.82) is 0 Å². The lowest BCUT2D eigenvalue weighted by Crippen LogP contribution is -2.42. The van der Waals surface area contributed by atoms with Crippen LogP contribution < -0.4 is 16.2 Å². The number of fused-ring (bicyclic) bond motifs is 1. The Bertz CT molecular complexity index is 1140. The molecule has 2 amide bonds. The molecule has 0 bridgehead atoms. The Hall–Kier alpha value is -3.36. The molecule has 1 heterocycles. The fourth-order valence-electron chi connectivity index (χ4n) is 3.53. The molecule has 1 atom stereocenters. The molecular formula is C26H30N4O3S. The van der Waals surface area contributed by atoms with E-state index in [1.54, 1.807) is 27.0 Å². The number of carbonyl (C=O) groups is 2. The Morgan fingerprint density at radius 2 is 1.74 bits per heavy atom. The van der Waals surface area contributed by atoms with Crippen molar-refractivity contribution in [2.75, 3.05) is 6.54 Å². The first-order valence-electron chi connectivity index (χ1n) is 11.1. The van der Waals surface area contributed by atoms with Crippen molar-refractivity contribution in [3.8, 4) is 0 Å². The lowest BCUT2D eigenvalue weighted by atomic mass is 9.96. The number of nitrogens with zero attached hydrogens (tertiary/aromatic N) is 1. The van der Waals surface area contributed by atoms with E-state index in [2.05, 4.69) is 21.2 Å². The predicted octanol–water partition coefficient (Wildman–Crippen LogP) is 4.57. The van der Waals surface area contributed by atoms with Crippen molar-refractivity contribution in [1.82, 2.24) is 21.2 Å². The summed E-state index contributed by atoms with van der Waals surface area (Å²) in [6.45, 7) is 5.84. The number of hydrogen-bond donors (Lipinski definition) is 3. The third-order valence-electron chi connectivity index (χ3n) is 4.96. The molecular weight excluding hydrogens is 448 g/mol. The highest BCUT2D eigenvalue weighted by atomic mass is 32.1. The van der Waals surface area contributed by atoms with Crippen LogP contribution in [0, 0.1) is 5.92 Å². The second-order valence-electron chi connectivity index (χ2n) is 9.03.